The predicted molar refractivity (Wildman–Crippen MR) is 106 cm³/mol. The lowest BCUT2D eigenvalue weighted by Gasteiger charge is -2.40. The van der Waals surface area contributed by atoms with Crippen LogP contribution in [0.3, 0.4) is 0 Å². The van der Waals surface area contributed by atoms with Gasteiger partial charge in [0.2, 0.25) is 0 Å². The van der Waals surface area contributed by atoms with Crippen molar-refractivity contribution in [2.45, 2.75) is 38.5 Å². The van der Waals surface area contributed by atoms with Gasteiger partial charge in [0.15, 0.2) is 0 Å². The van der Waals surface area contributed by atoms with Crippen LogP contribution in [0.25, 0.3) is 0 Å². The Morgan fingerprint density at radius 3 is 1.39 bits per heavy atom. The van der Waals surface area contributed by atoms with E-state index in [2.05, 4.69) is 0 Å². The Kier molecular flexibility index (Phi) is 5.75. The zero-order valence-electron chi connectivity index (χ0n) is 16.0. The molecule has 0 amide bonds. The second-order valence-electron chi connectivity index (χ2n) is 8.01. The highest BCUT2D eigenvalue weighted by atomic mass is 16.5. The summed E-state index contributed by atoms with van der Waals surface area (Å²) in [7, 11) is 0. The Morgan fingerprint density at radius 2 is 1.00 bits per heavy atom. The number of para-hydroxylation sites is 2. The Bertz CT molecular complexity index is 732. The molecule has 4 heteroatoms. The first kappa shape index (κ1) is 18.7. The first-order valence-electron chi connectivity index (χ1n) is 10.2. The zero-order chi connectivity index (χ0) is 19.3. The molecular formula is C24H26O4. The van der Waals surface area contributed by atoms with E-state index in [1.165, 1.54) is 0 Å². The van der Waals surface area contributed by atoms with Crippen LogP contribution in [0.4, 0.5) is 0 Å². The van der Waals surface area contributed by atoms with Crippen LogP contribution in [-0.2, 0) is 9.59 Å². The Labute approximate surface area is 165 Å². The number of fused-ring (bicyclic) bond motifs is 1. The maximum atomic E-state index is 12.5. The van der Waals surface area contributed by atoms with Gasteiger partial charge in [0.05, 0.1) is 11.8 Å². The first-order valence-corrected chi connectivity index (χ1v) is 10.2. The summed E-state index contributed by atoms with van der Waals surface area (Å²) in [6.07, 6.45) is 5.39. The third kappa shape index (κ3) is 4.44. The van der Waals surface area contributed by atoms with E-state index in [1.807, 2.05) is 60.7 Å². The number of esters is 2. The van der Waals surface area contributed by atoms with Gasteiger partial charge in [-0.25, -0.2) is 0 Å². The second-order valence-corrected chi connectivity index (χ2v) is 8.01. The molecule has 0 N–H and O–H groups in total. The molecule has 2 aliphatic rings. The van der Waals surface area contributed by atoms with Crippen LogP contribution in [0.1, 0.15) is 38.5 Å². The topological polar surface area (TPSA) is 52.6 Å². The van der Waals surface area contributed by atoms with Crippen molar-refractivity contribution in [3.63, 3.8) is 0 Å². The Morgan fingerprint density at radius 1 is 0.607 bits per heavy atom. The average molecular weight is 378 g/mol. The minimum Gasteiger partial charge on any atom is -0.426 e. The minimum absolute atomic E-state index is 0.0331. The van der Waals surface area contributed by atoms with Crippen LogP contribution in [-0.4, -0.2) is 11.9 Å². The maximum Gasteiger partial charge on any atom is 0.314 e. The third-order valence-electron chi connectivity index (χ3n) is 6.20. The molecule has 0 spiro atoms. The molecule has 0 saturated heterocycles. The Hall–Kier alpha value is -2.62. The summed E-state index contributed by atoms with van der Waals surface area (Å²) in [4.78, 5) is 25.0. The molecule has 0 radical (unpaired) electrons. The molecule has 0 aliphatic heterocycles. The highest BCUT2D eigenvalue weighted by Gasteiger charge is 2.40. The van der Waals surface area contributed by atoms with Gasteiger partial charge in [-0.1, -0.05) is 36.4 Å². The highest BCUT2D eigenvalue weighted by Crippen LogP contribution is 2.45. The van der Waals surface area contributed by atoms with E-state index in [0.29, 0.717) is 23.3 Å². The summed E-state index contributed by atoms with van der Waals surface area (Å²) in [6.45, 7) is 0. The van der Waals surface area contributed by atoms with Gasteiger partial charge in [-0.2, -0.15) is 0 Å². The van der Waals surface area contributed by atoms with Gasteiger partial charge in [0.25, 0.3) is 0 Å². The molecule has 4 unspecified atom stereocenters. The van der Waals surface area contributed by atoms with Gasteiger partial charge >= 0.3 is 11.9 Å². The number of hydrogen-bond acceptors (Lipinski definition) is 4. The third-order valence-corrected chi connectivity index (χ3v) is 6.20. The quantitative estimate of drug-likeness (QED) is 0.553. The summed E-state index contributed by atoms with van der Waals surface area (Å²) < 4.78 is 11.1. The molecule has 2 fully saturated rings. The summed E-state index contributed by atoms with van der Waals surface area (Å²) in [5, 5.41) is 0. The number of benzene rings is 2. The molecule has 0 aromatic heterocycles. The molecule has 2 aromatic rings. The maximum absolute atomic E-state index is 12.5. The predicted octanol–water partition coefficient (Wildman–Crippen LogP) is 5.03. The van der Waals surface area contributed by atoms with E-state index >= 15 is 0 Å². The number of carbonyl (C=O) groups excluding carboxylic acids is 2. The van der Waals surface area contributed by atoms with E-state index in [0.717, 1.165) is 38.5 Å². The molecule has 146 valence electrons. The zero-order valence-corrected chi connectivity index (χ0v) is 16.0. The van der Waals surface area contributed by atoms with Gasteiger partial charge < -0.3 is 9.47 Å². The summed E-state index contributed by atoms with van der Waals surface area (Å²) in [6, 6.07) is 18.5. The summed E-state index contributed by atoms with van der Waals surface area (Å²) in [5.41, 5.74) is 0. The molecule has 0 bridgehead atoms. The van der Waals surface area contributed by atoms with Crippen LogP contribution in [0.2, 0.25) is 0 Å². The molecule has 4 rings (SSSR count). The molecule has 2 aliphatic carbocycles. The normalized spacial score (nSPS) is 26.7. The molecule has 2 saturated carbocycles. The van der Waals surface area contributed by atoms with Gasteiger partial charge in [-0.05, 0) is 74.6 Å². The smallest absolute Gasteiger partial charge is 0.314 e. The van der Waals surface area contributed by atoms with Crippen LogP contribution < -0.4 is 9.47 Å². The molecule has 4 atom stereocenters. The van der Waals surface area contributed by atoms with E-state index < -0.39 is 0 Å². The van der Waals surface area contributed by atoms with Crippen LogP contribution in [0.5, 0.6) is 11.5 Å². The molecule has 0 heterocycles. The van der Waals surface area contributed by atoms with Crippen molar-refractivity contribution < 1.29 is 19.1 Å². The summed E-state index contributed by atoms with van der Waals surface area (Å²) in [5.74, 6) is 1.93. The van der Waals surface area contributed by atoms with Crippen molar-refractivity contribution in [3.8, 4) is 11.5 Å². The fourth-order valence-electron chi connectivity index (χ4n) is 4.69. The number of ether oxygens (including phenoxy) is 2. The second kappa shape index (κ2) is 8.59. The van der Waals surface area contributed by atoms with Gasteiger partial charge in [0.1, 0.15) is 11.5 Å². The number of hydrogen-bond donors (Lipinski definition) is 0. The largest absolute Gasteiger partial charge is 0.426 e. The molecule has 2 aromatic carbocycles. The molecular weight excluding hydrogens is 352 g/mol. The average Bonchev–Trinajstić information content (AvgIpc) is 2.74. The van der Waals surface area contributed by atoms with Gasteiger partial charge in [-0.3, -0.25) is 9.59 Å². The molecule has 28 heavy (non-hydrogen) atoms. The number of carbonyl (C=O) groups is 2. The molecule has 4 nitrogen and oxygen atoms in total. The van der Waals surface area contributed by atoms with Crippen molar-refractivity contribution in [1.29, 1.82) is 0 Å². The lowest BCUT2D eigenvalue weighted by molar-refractivity contribution is -0.145. The van der Waals surface area contributed by atoms with Crippen molar-refractivity contribution in [3.05, 3.63) is 60.7 Å². The van der Waals surface area contributed by atoms with Crippen molar-refractivity contribution in [2.75, 3.05) is 0 Å². The van der Waals surface area contributed by atoms with E-state index in [4.69, 9.17) is 9.47 Å². The monoisotopic (exact) mass is 378 g/mol. The lowest BCUT2D eigenvalue weighted by Crippen LogP contribution is -2.37. The first-order chi connectivity index (χ1) is 13.7. The van der Waals surface area contributed by atoms with E-state index in [9.17, 15) is 9.59 Å². The fourth-order valence-corrected chi connectivity index (χ4v) is 4.69. The fraction of sp³-hybridized carbons (Fsp3) is 0.417. The van der Waals surface area contributed by atoms with Crippen molar-refractivity contribution >= 4 is 11.9 Å². The van der Waals surface area contributed by atoms with Crippen molar-refractivity contribution in [1.82, 2.24) is 0 Å². The Balaban J connectivity index is 1.29. The SMILES string of the molecule is O=C(Oc1ccccc1)C1CCC2CC(C(=O)Oc3ccccc3)CCC2C1. The number of rotatable bonds is 4. The van der Waals surface area contributed by atoms with E-state index in [1.54, 1.807) is 0 Å². The van der Waals surface area contributed by atoms with Gasteiger partial charge in [0, 0.05) is 0 Å². The van der Waals surface area contributed by atoms with Crippen LogP contribution in [0.15, 0.2) is 60.7 Å². The lowest BCUT2D eigenvalue weighted by atomic mass is 9.65. The summed E-state index contributed by atoms with van der Waals surface area (Å²) >= 11 is 0. The van der Waals surface area contributed by atoms with Gasteiger partial charge in [-0.15, -0.1) is 0 Å². The van der Waals surface area contributed by atoms with Crippen LogP contribution in [0, 0.1) is 23.7 Å². The standard InChI is InChI=1S/C24H26O4/c25-23(27-21-7-3-1-4-8-21)19-13-11-18-16-20(14-12-17(18)15-19)24(26)28-22-9-5-2-6-10-22/h1-10,17-20H,11-16H2. The minimum atomic E-state index is -0.115. The van der Waals surface area contributed by atoms with Crippen molar-refractivity contribution in [2.24, 2.45) is 23.7 Å². The highest BCUT2D eigenvalue weighted by molar-refractivity contribution is 5.76. The van der Waals surface area contributed by atoms with Crippen LogP contribution >= 0.6 is 0 Å². The van der Waals surface area contributed by atoms with E-state index in [-0.39, 0.29) is 23.8 Å².